The third-order valence-corrected chi connectivity index (χ3v) is 4.62. The molecule has 1 saturated heterocycles. The topological polar surface area (TPSA) is 32.3 Å². The number of nitrogens with one attached hydrogen (secondary N) is 1. The third-order valence-electron chi connectivity index (χ3n) is 4.29. The highest BCUT2D eigenvalue weighted by molar-refractivity contribution is 6.33. The van der Waals surface area contributed by atoms with E-state index in [2.05, 4.69) is 5.32 Å². The summed E-state index contributed by atoms with van der Waals surface area (Å²) >= 11 is 6.13. The summed E-state index contributed by atoms with van der Waals surface area (Å²) in [6, 6.07) is 12.1. The molecule has 1 N–H and O–H groups in total. The van der Waals surface area contributed by atoms with Crippen molar-refractivity contribution in [2.45, 2.75) is 25.8 Å². The zero-order chi connectivity index (χ0) is 17.1. The lowest BCUT2D eigenvalue weighted by molar-refractivity contribution is 0.0715. The van der Waals surface area contributed by atoms with Gasteiger partial charge in [0, 0.05) is 19.1 Å². The molecule has 2 aromatic carbocycles. The zero-order valence-corrected chi connectivity index (χ0v) is 14.3. The van der Waals surface area contributed by atoms with Gasteiger partial charge in [-0.05, 0) is 49.6 Å². The molecule has 0 aliphatic carbocycles. The molecule has 126 valence electrons. The molecule has 1 aliphatic rings. The molecule has 1 fully saturated rings. The number of hydrogen-bond donors (Lipinski definition) is 1. The van der Waals surface area contributed by atoms with Gasteiger partial charge in [0.1, 0.15) is 5.82 Å². The van der Waals surface area contributed by atoms with Gasteiger partial charge in [-0.15, -0.1) is 0 Å². The summed E-state index contributed by atoms with van der Waals surface area (Å²) in [5.41, 5.74) is 2.01. The second-order valence-corrected chi connectivity index (χ2v) is 6.61. The number of anilines is 1. The first-order valence-electron chi connectivity index (χ1n) is 8.11. The van der Waals surface area contributed by atoms with Crippen molar-refractivity contribution in [3.05, 3.63) is 64.4 Å². The van der Waals surface area contributed by atoms with Crippen molar-refractivity contribution in [2.75, 3.05) is 18.4 Å². The number of aryl methyl sites for hydroxylation is 1. The summed E-state index contributed by atoms with van der Waals surface area (Å²) in [5, 5.41) is 3.70. The molecule has 1 heterocycles. The molecule has 2 aromatic rings. The van der Waals surface area contributed by atoms with Gasteiger partial charge in [-0.1, -0.05) is 29.8 Å². The quantitative estimate of drug-likeness (QED) is 0.887. The van der Waals surface area contributed by atoms with E-state index in [1.165, 1.54) is 6.07 Å². The van der Waals surface area contributed by atoms with E-state index in [1.807, 2.05) is 6.92 Å². The summed E-state index contributed by atoms with van der Waals surface area (Å²) in [5.74, 6) is -0.341. The van der Waals surface area contributed by atoms with Crippen molar-refractivity contribution in [3.8, 4) is 0 Å². The van der Waals surface area contributed by atoms with Gasteiger partial charge in [-0.25, -0.2) is 4.39 Å². The van der Waals surface area contributed by atoms with E-state index in [0.29, 0.717) is 29.4 Å². The van der Waals surface area contributed by atoms with Crippen molar-refractivity contribution in [3.63, 3.8) is 0 Å². The normalized spacial score (nSPS) is 17.6. The van der Waals surface area contributed by atoms with Crippen LogP contribution in [0.25, 0.3) is 0 Å². The first kappa shape index (κ1) is 16.8. The Morgan fingerprint density at radius 1 is 1.29 bits per heavy atom. The van der Waals surface area contributed by atoms with Crippen molar-refractivity contribution in [1.29, 1.82) is 0 Å². The van der Waals surface area contributed by atoms with Gasteiger partial charge in [0.15, 0.2) is 0 Å². The van der Waals surface area contributed by atoms with Crippen LogP contribution in [0.15, 0.2) is 42.5 Å². The molecule has 3 nitrogen and oxygen atoms in total. The molecule has 3 rings (SSSR count). The van der Waals surface area contributed by atoms with E-state index in [-0.39, 0.29) is 17.8 Å². The number of carbonyl (C=O) groups excluding carboxylic acids is 1. The average molecular weight is 347 g/mol. The minimum atomic E-state index is -0.268. The number of halogens is 2. The van der Waals surface area contributed by atoms with Crippen molar-refractivity contribution in [2.24, 2.45) is 0 Å². The molecule has 24 heavy (non-hydrogen) atoms. The Kier molecular flexibility index (Phi) is 5.05. The van der Waals surface area contributed by atoms with Crippen LogP contribution in [0.3, 0.4) is 0 Å². The second kappa shape index (κ2) is 7.22. The smallest absolute Gasteiger partial charge is 0.255 e. The lowest BCUT2D eigenvalue weighted by atomic mass is 10.0. The summed E-state index contributed by atoms with van der Waals surface area (Å²) in [7, 11) is 0. The number of nitrogens with zero attached hydrogens (tertiary/aromatic N) is 1. The highest BCUT2D eigenvalue weighted by Gasteiger charge is 2.26. The Hall–Kier alpha value is -2.07. The Labute approximate surface area is 146 Å². The van der Waals surface area contributed by atoms with Crippen molar-refractivity contribution in [1.82, 2.24) is 4.90 Å². The Bertz CT molecular complexity index is 750. The van der Waals surface area contributed by atoms with E-state index >= 15 is 0 Å². The molecule has 0 saturated carbocycles. The minimum Gasteiger partial charge on any atom is -0.378 e. The number of amides is 1. The monoisotopic (exact) mass is 346 g/mol. The number of likely N-dealkylation sites (tertiary alicyclic amines) is 1. The van der Waals surface area contributed by atoms with Crippen LogP contribution in [-0.2, 0) is 0 Å². The second-order valence-electron chi connectivity index (χ2n) is 6.20. The zero-order valence-electron chi connectivity index (χ0n) is 13.6. The van der Waals surface area contributed by atoms with Crippen molar-refractivity contribution < 1.29 is 9.18 Å². The molecular weight excluding hydrogens is 327 g/mol. The Morgan fingerprint density at radius 2 is 2.08 bits per heavy atom. The predicted molar refractivity (Wildman–Crippen MR) is 95.1 cm³/mol. The molecule has 1 aliphatic heterocycles. The van der Waals surface area contributed by atoms with Gasteiger partial charge in [0.05, 0.1) is 16.3 Å². The molecule has 1 atom stereocenters. The van der Waals surface area contributed by atoms with E-state index in [1.54, 1.807) is 41.3 Å². The lowest BCUT2D eigenvalue weighted by Crippen LogP contribution is -2.45. The average Bonchev–Trinajstić information content (AvgIpc) is 2.58. The number of benzene rings is 2. The first-order chi connectivity index (χ1) is 11.5. The standard InChI is InChI=1S/C19H20ClFN2O/c1-13-8-9-17(21)18(11-13)22-14-5-4-10-23(12-14)19(24)15-6-2-3-7-16(15)20/h2-3,6-9,11,14,22H,4-5,10,12H2,1H3. The van der Waals surface area contributed by atoms with Crippen LogP contribution in [0.5, 0.6) is 0 Å². The molecular formula is C19H20ClFN2O. The Balaban J connectivity index is 1.71. The minimum absolute atomic E-state index is 0.0292. The fourth-order valence-corrected chi connectivity index (χ4v) is 3.27. The van der Waals surface area contributed by atoms with Crippen LogP contribution >= 0.6 is 11.6 Å². The fraction of sp³-hybridized carbons (Fsp3) is 0.316. The van der Waals surface area contributed by atoms with Crippen molar-refractivity contribution >= 4 is 23.2 Å². The molecule has 0 spiro atoms. The SMILES string of the molecule is Cc1ccc(F)c(NC2CCCN(C(=O)c3ccccc3Cl)C2)c1. The van der Waals surface area contributed by atoms with Crippen LogP contribution in [0.1, 0.15) is 28.8 Å². The number of rotatable bonds is 3. The maximum absolute atomic E-state index is 13.9. The maximum atomic E-state index is 13.9. The first-order valence-corrected chi connectivity index (χ1v) is 8.49. The molecule has 5 heteroatoms. The third kappa shape index (κ3) is 3.70. The highest BCUT2D eigenvalue weighted by atomic mass is 35.5. The molecule has 0 aromatic heterocycles. The number of carbonyl (C=O) groups is 1. The van der Waals surface area contributed by atoms with Gasteiger partial charge >= 0.3 is 0 Å². The van der Waals surface area contributed by atoms with Crippen LogP contribution in [0.2, 0.25) is 5.02 Å². The van der Waals surface area contributed by atoms with Gasteiger partial charge in [-0.2, -0.15) is 0 Å². The van der Waals surface area contributed by atoms with Crippen LogP contribution in [0.4, 0.5) is 10.1 Å². The predicted octanol–water partition coefficient (Wildman–Crippen LogP) is 4.50. The number of piperidine rings is 1. The van der Waals surface area contributed by atoms with Crippen LogP contribution in [-0.4, -0.2) is 29.9 Å². The molecule has 0 radical (unpaired) electrons. The molecule has 1 unspecified atom stereocenters. The van der Waals surface area contributed by atoms with E-state index in [0.717, 1.165) is 18.4 Å². The fourth-order valence-electron chi connectivity index (χ4n) is 3.05. The summed E-state index contributed by atoms with van der Waals surface area (Å²) in [6.45, 7) is 3.16. The van der Waals surface area contributed by atoms with Crippen LogP contribution < -0.4 is 5.32 Å². The number of hydrogen-bond acceptors (Lipinski definition) is 2. The summed E-state index contributed by atoms with van der Waals surface area (Å²) < 4.78 is 13.9. The van der Waals surface area contributed by atoms with E-state index in [9.17, 15) is 9.18 Å². The Morgan fingerprint density at radius 3 is 2.88 bits per heavy atom. The summed E-state index contributed by atoms with van der Waals surface area (Å²) in [4.78, 5) is 14.5. The largest absolute Gasteiger partial charge is 0.378 e. The van der Waals surface area contributed by atoms with Gasteiger partial charge < -0.3 is 10.2 Å². The van der Waals surface area contributed by atoms with Gasteiger partial charge in [0.25, 0.3) is 5.91 Å². The molecule has 1 amide bonds. The van der Waals surface area contributed by atoms with Gasteiger partial charge in [0.2, 0.25) is 0 Å². The van der Waals surface area contributed by atoms with Gasteiger partial charge in [-0.3, -0.25) is 4.79 Å². The summed E-state index contributed by atoms with van der Waals surface area (Å²) in [6.07, 6.45) is 1.78. The maximum Gasteiger partial charge on any atom is 0.255 e. The van der Waals surface area contributed by atoms with Crippen LogP contribution in [0, 0.1) is 12.7 Å². The van der Waals surface area contributed by atoms with E-state index < -0.39 is 0 Å². The lowest BCUT2D eigenvalue weighted by Gasteiger charge is -2.34. The highest BCUT2D eigenvalue weighted by Crippen LogP contribution is 2.23. The molecule has 0 bridgehead atoms. The van der Waals surface area contributed by atoms with E-state index in [4.69, 9.17) is 11.6 Å².